The van der Waals surface area contributed by atoms with Crippen molar-refractivity contribution in [2.45, 2.75) is 26.7 Å². The van der Waals surface area contributed by atoms with Crippen LogP contribution in [0.3, 0.4) is 0 Å². The third-order valence-corrected chi connectivity index (χ3v) is 2.77. The molecule has 2 aromatic rings. The molecule has 0 radical (unpaired) electrons. The molecule has 7 heteroatoms. The quantitative estimate of drug-likeness (QED) is 0.803. The van der Waals surface area contributed by atoms with Crippen molar-refractivity contribution in [3.8, 4) is 0 Å². The van der Waals surface area contributed by atoms with Crippen molar-refractivity contribution in [3.05, 3.63) is 35.7 Å². The lowest BCUT2D eigenvalue weighted by atomic mass is 10.3. The average molecular weight is 289 g/mol. The molecule has 0 bridgehead atoms. The average Bonchev–Trinajstić information content (AvgIpc) is 2.91. The van der Waals surface area contributed by atoms with Crippen LogP contribution in [0.15, 0.2) is 22.9 Å². The van der Waals surface area contributed by atoms with E-state index in [9.17, 15) is 4.79 Å². The first-order valence-corrected chi connectivity index (χ1v) is 6.96. The van der Waals surface area contributed by atoms with E-state index in [1.54, 1.807) is 19.2 Å². The highest BCUT2D eigenvalue weighted by molar-refractivity contribution is 5.92. The molecule has 0 aliphatic heterocycles. The second-order valence-electron chi connectivity index (χ2n) is 4.60. The minimum atomic E-state index is -0.215. The van der Waals surface area contributed by atoms with E-state index < -0.39 is 0 Å². The van der Waals surface area contributed by atoms with Crippen molar-refractivity contribution in [2.24, 2.45) is 0 Å². The van der Waals surface area contributed by atoms with E-state index in [0.717, 1.165) is 18.7 Å². The Morgan fingerprint density at radius 2 is 2.19 bits per heavy atom. The summed E-state index contributed by atoms with van der Waals surface area (Å²) in [6.07, 6.45) is 3.20. The second-order valence-corrected chi connectivity index (χ2v) is 4.60. The van der Waals surface area contributed by atoms with Crippen LogP contribution in [-0.2, 0) is 6.42 Å². The van der Waals surface area contributed by atoms with Crippen molar-refractivity contribution in [1.82, 2.24) is 20.4 Å². The number of carbonyl (C=O) groups excluding carboxylic acids is 1. The molecule has 0 aliphatic carbocycles. The summed E-state index contributed by atoms with van der Waals surface area (Å²) in [6.45, 7) is 5.16. The van der Waals surface area contributed by atoms with Crippen molar-refractivity contribution in [2.75, 3.05) is 18.4 Å². The van der Waals surface area contributed by atoms with Crippen LogP contribution in [0.25, 0.3) is 0 Å². The number of amides is 1. The zero-order valence-corrected chi connectivity index (χ0v) is 12.2. The lowest BCUT2D eigenvalue weighted by molar-refractivity contribution is 0.0948. The van der Waals surface area contributed by atoms with Crippen LogP contribution in [0.4, 0.5) is 5.69 Å². The Labute approximate surface area is 123 Å². The molecule has 2 N–H and O–H groups in total. The van der Waals surface area contributed by atoms with Gasteiger partial charge in [-0.25, -0.2) is 4.98 Å². The Morgan fingerprint density at radius 1 is 1.33 bits per heavy atom. The molecule has 21 heavy (non-hydrogen) atoms. The number of pyridine rings is 1. The number of anilines is 1. The zero-order chi connectivity index (χ0) is 15.1. The fraction of sp³-hybridized carbons (Fsp3) is 0.429. The van der Waals surface area contributed by atoms with Crippen molar-refractivity contribution in [1.29, 1.82) is 0 Å². The highest BCUT2D eigenvalue weighted by atomic mass is 16.5. The normalized spacial score (nSPS) is 10.4. The number of rotatable bonds is 7. The van der Waals surface area contributed by atoms with Gasteiger partial charge in [0.1, 0.15) is 5.69 Å². The third kappa shape index (κ3) is 4.55. The van der Waals surface area contributed by atoms with Gasteiger partial charge in [0.25, 0.3) is 5.91 Å². The van der Waals surface area contributed by atoms with E-state index in [0.29, 0.717) is 30.4 Å². The van der Waals surface area contributed by atoms with Gasteiger partial charge in [0, 0.05) is 19.5 Å². The van der Waals surface area contributed by atoms with Gasteiger partial charge in [-0.05, 0) is 25.5 Å². The van der Waals surface area contributed by atoms with Crippen molar-refractivity contribution in [3.63, 3.8) is 0 Å². The largest absolute Gasteiger partial charge is 0.384 e. The summed E-state index contributed by atoms with van der Waals surface area (Å²) < 4.78 is 4.97. The monoisotopic (exact) mass is 289 g/mol. The van der Waals surface area contributed by atoms with Crippen molar-refractivity contribution < 1.29 is 9.32 Å². The first kappa shape index (κ1) is 15.0. The number of nitrogens with one attached hydrogen (secondary N) is 2. The summed E-state index contributed by atoms with van der Waals surface area (Å²) in [6, 6.07) is 3.54. The molecule has 0 spiro atoms. The van der Waals surface area contributed by atoms with Crippen LogP contribution >= 0.6 is 0 Å². The van der Waals surface area contributed by atoms with Crippen molar-refractivity contribution >= 4 is 11.6 Å². The van der Waals surface area contributed by atoms with E-state index in [1.807, 2.05) is 6.07 Å². The third-order valence-electron chi connectivity index (χ3n) is 2.77. The fourth-order valence-corrected chi connectivity index (χ4v) is 1.72. The number of hydrogen-bond donors (Lipinski definition) is 2. The van der Waals surface area contributed by atoms with Crippen LogP contribution in [0.2, 0.25) is 0 Å². The maximum atomic E-state index is 11.9. The standard InChI is InChI=1S/C14H19N5O2/c1-3-7-15-11-4-5-12(17-9-11)14(20)16-8-6-13-18-10(2)19-21-13/h4-5,9,15H,3,6-8H2,1-2H3,(H,16,20). The minimum absolute atomic E-state index is 0.215. The van der Waals surface area contributed by atoms with Crippen LogP contribution in [0, 0.1) is 6.92 Å². The number of aryl methyl sites for hydroxylation is 1. The van der Waals surface area contributed by atoms with Gasteiger partial charge in [-0.1, -0.05) is 12.1 Å². The Kier molecular flexibility index (Phi) is 5.25. The first-order chi connectivity index (χ1) is 10.2. The molecule has 2 heterocycles. The Morgan fingerprint density at radius 3 is 2.81 bits per heavy atom. The summed E-state index contributed by atoms with van der Waals surface area (Å²) in [4.78, 5) is 20.1. The van der Waals surface area contributed by atoms with Gasteiger partial charge in [-0.2, -0.15) is 4.98 Å². The molecule has 2 rings (SSSR count). The van der Waals surface area contributed by atoms with Gasteiger partial charge in [-0.15, -0.1) is 0 Å². The summed E-state index contributed by atoms with van der Waals surface area (Å²) in [5, 5.41) is 9.66. The first-order valence-electron chi connectivity index (χ1n) is 6.96. The van der Waals surface area contributed by atoms with Gasteiger partial charge < -0.3 is 15.2 Å². The van der Waals surface area contributed by atoms with Gasteiger partial charge >= 0.3 is 0 Å². The summed E-state index contributed by atoms with van der Waals surface area (Å²) in [5.74, 6) is 0.890. The highest BCUT2D eigenvalue weighted by Crippen LogP contribution is 2.06. The van der Waals surface area contributed by atoms with Crippen LogP contribution in [0.1, 0.15) is 35.5 Å². The Hall–Kier alpha value is -2.44. The van der Waals surface area contributed by atoms with E-state index in [4.69, 9.17) is 4.52 Å². The molecule has 0 fully saturated rings. The second kappa shape index (κ2) is 7.37. The summed E-state index contributed by atoms with van der Waals surface area (Å²) >= 11 is 0. The molecule has 0 saturated carbocycles. The maximum Gasteiger partial charge on any atom is 0.269 e. The topological polar surface area (TPSA) is 92.9 Å². The maximum absolute atomic E-state index is 11.9. The Bertz CT molecular complexity index is 579. The van der Waals surface area contributed by atoms with Gasteiger partial charge in [0.2, 0.25) is 5.89 Å². The van der Waals surface area contributed by atoms with E-state index >= 15 is 0 Å². The predicted octanol–water partition coefficient (Wildman–Crippen LogP) is 1.57. The molecular weight excluding hydrogens is 270 g/mol. The molecule has 7 nitrogen and oxygen atoms in total. The number of hydrogen-bond acceptors (Lipinski definition) is 6. The lowest BCUT2D eigenvalue weighted by Gasteiger charge is -2.06. The van der Waals surface area contributed by atoms with Crippen LogP contribution in [-0.4, -0.2) is 34.1 Å². The molecule has 0 aliphatic rings. The molecule has 112 valence electrons. The van der Waals surface area contributed by atoms with Crippen LogP contribution < -0.4 is 10.6 Å². The Balaban J connectivity index is 1.79. The number of nitrogens with zero attached hydrogens (tertiary/aromatic N) is 3. The van der Waals surface area contributed by atoms with Gasteiger partial charge in [0.05, 0.1) is 11.9 Å². The number of aromatic nitrogens is 3. The molecule has 0 unspecified atom stereocenters. The smallest absolute Gasteiger partial charge is 0.269 e. The van der Waals surface area contributed by atoms with Gasteiger partial charge in [-0.3, -0.25) is 4.79 Å². The van der Waals surface area contributed by atoms with Gasteiger partial charge in [0.15, 0.2) is 5.82 Å². The molecule has 0 aromatic carbocycles. The lowest BCUT2D eigenvalue weighted by Crippen LogP contribution is -2.26. The van der Waals surface area contributed by atoms with E-state index in [-0.39, 0.29) is 5.91 Å². The fourth-order valence-electron chi connectivity index (χ4n) is 1.72. The summed E-state index contributed by atoms with van der Waals surface area (Å²) in [7, 11) is 0. The SMILES string of the molecule is CCCNc1ccc(C(=O)NCCc2nc(C)no2)nc1. The molecule has 0 atom stereocenters. The highest BCUT2D eigenvalue weighted by Gasteiger charge is 2.08. The molecular formula is C14H19N5O2. The molecule has 1 amide bonds. The molecule has 0 saturated heterocycles. The number of carbonyl (C=O) groups is 1. The minimum Gasteiger partial charge on any atom is -0.384 e. The van der Waals surface area contributed by atoms with E-state index in [2.05, 4.69) is 32.7 Å². The predicted molar refractivity (Wildman–Crippen MR) is 78.1 cm³/mol. The van der Waals surface area contributed by atoms with E-state index in [1.165, 1.54) is 0 Å². The van der Waals surface area contributed by atoms with Crippen LogP contribution in [0.5, 0.6) is 0 Å². The summed E-state index contributed by atoms with van der Waals surface area (Å²) in [5.41, 5.74) is 1.30. The molecule has 2 aromatic heterocycles. The zero-order valence-electron chi connectivity index (χ0n) is 12.2.